The zero-order valence-corrected chi connectivity index (χ0v) is 16.0. The standard InChI is InChI=1S/C22H16N4O2S/c27-26(28)19-14-8-7-13-18(19)15-23-25-22-24-20(16-9-3-1-4-10-16)21(29-22)17-11-5-2-6-12-17/h1-15H,(H,24,25)/b23-15-. The van der Waals surface area contributed by atoms with Gasteiger partial charge in [0.1, 0.15) is 0 Å². The van der Waals surface area contributed by atoms with Crippen LogP contribution < -0.4 is 5.43 Å². The van der Waals surface area contributed by atoms with Crippen molar-refractivity contribution in [1.82, 2.24) is 4.98 Å². The molecule has 3 aromatic carbocycles. The molecule has 0 saturated heterocycles. The highest BCUT2D eigenvalue weighted by atomic mass is 32.1. The van der Waals surface area contributed by atoms with E-state index in [9.17, 15) is 10.1 Å². The molecular formula is C22H16N4O2S. The summed E-state index contributed by atoms with van der Waals surface area (Å²) in [6, 6.07) is 26.4. The summed E-state index contributed by atoms with van der Waals surface area (Å²) in [7, 11) is 0. The predicted octanol–water partition coefficient (Wildman–Crippen LogP) is 5.83. The van der Waals surface area contributed by atoms with Gasteiger partial charge in [0.2, 0.25) is 5.13 Å². The first kappa shape index (κ1) is 18.5. The summed E-state index contributed by atoms with van der Waals surface area (Å²) in [4.78, 5) is 16.4. The van der Waals surface area contributed by atoms with E-state index in [4.69, 9.17) is 4.98 Å². The van der Waals surface area contributed by atoms with Crippen molar-refractivity contribution in [2.75, 3.05) is 5.43 Å². The molecule has 0 fully saturated rings. The lowest BCUT2D eigenvalue weighted by Gasteiger charge is -2.02. The summed E-state index contributed by atoms with van der Waals surface area (Å²) >= 11 is 1.48. The van der Waals surface area contributed by atoms with E-state index >= 15 is 0 Å². The van der Waals surface area contributed by atoms with Gasteiger partial charge in [-0.2, -0.15) is 5.10 Å². The van der Waals surface area contributed by atoms with Crippen LogP contribution in [0.25, 0.3) is 21.7 Å². The Morgan fingerprint density at radius 1 is 0.897 bits per heavy atom. The summed E-state index contributed by atoms with van der Waals surface area (Å²) in [6.45, 7) is 0. The van der Waals surface area contributed by atoms with Gasteiger partial charge >= 0.3 is 0 Å². The fourth-order valence-electron chi connectivity index (χ4n) is 2.86. The van der Waals surface area contributed by atoms with Crippen LogP contribution in [-0.4, -0.2) is 16.1 Å². The third-order valence-corrected chi connectivity index (χ3v) is 5.22. The normalized spacial score (nSPS) is 10.9. The number of para-hydroxylation sites is 1. The Morgan fingerprint density at radius 2 is 1.52 bits per heavy atom. The molecule has 0 radical (unpaired) electrons. The lowest BCUT2D eigenvalue weighted by molar-refractivity contribution is -0.385. The molecule has 142 valence electrons. The van der Waals surface area contributed by atoms with Crippen molar-refractivity contribution in [2.45, 2.75) is 0 Å². The van der Waals surface area contributed by atoms with Crippen molar-refractivity contribution >= 4 is 28.4 Å². The Hall–Kier alpha value is -3.84. The number of hydrogen-bond acceptors (Lipinski definition) is 6. The Morgan fingerprint density at radius 3 is 2.21 bits per heavy atom. The van der Waals surface area contributed by atoms with Crippen LogP contribution in [0.5, 0.6) is 0 Å². The lowest BCUT2D eigenvalue weighted by Crippen LogP contribution is -1.96. The minimum Gasteiger partial charge on any atom is -0.258 e. The van der Waals surface area contributed by atoms with Crippen molar-refractivity contribution in [2.24, 2.45) is 5.10 Å². The molecule has 7 heteroatoms. The van der Waals surface area contributed by atoms with Crippen molar-refractivity contribution in [3.8, 4) is 21.7 Å². The molecule has 0 aliphatic heterocycles. The molecule has 1 N–H and O–H groups in total. The highest BCUT2D eigenvalue weighted by Crippen LogP contribution is 2.38. The quantitative estimate of drug-likeness (QED) is 0.251. The fraction of sp³-hybridized carbons (Fsp3) is 0. The molecule has 29 heavy (non-hydrogen) atoms. The summed E-state index contributed by atoms with van der Waals surface area (Å²) in [5, 5.41) is 15.9. The fourth-order valence-corrected chi connectivity index (χ4v) is 3.81. The largest absolute Gasteiger partial charge is 0.278 e. The average Bonchev–Trinajstić information content (AvgIpc) is 3.19. The molecule has 4 aromatic rings. The van der Waals surface area contributed by atoms with E-state index < -0.39 is 4.92 Å². The maximum atomic E-state index is 11.1. The second kappa shape index (κ2) is 8.45. The van der Waals surface area contributed by atoms with Gasteiger partial charge in [0.25, 0.3) is 5.69 Å². The first-order valence-corrected chi connectivity index (χ1v) is 9.68. The second-order valence-corrected chi connectivity index (χ2v) is 7.11. The molecule has 0 spiro atoms. The van der Waals surface area contributed by atoms with Gasteiger partial charge < -0.3 is 0 Å². The van der Waals surface area contributed by atoms with Crippen LogP contribution in [0.3, 0.4) is 0 Å². The Balaban J connectivity index is 1.66. The smallest absolute Gasteiger partial charge is 0.258 e. The van der Waals surface area contributed by atoms with Gasteiger partial charge in [-0.1, -0.05) is 84.1 Å². The van der Waals surface area contributed by atoms with Crippen LogP contribution >= 0.6 is 11.3 Å². The van der Waals surface area contributed by atoms with Crippen LogP contribution in [0.1, 0.15) is 5.56 Å². The number of nitro groups is 1. The molecule has 0 unspecified atom stereocenters. The number of benzene rings is 3. The topological polar surface area (TPSA) is 80.4 Å². The number of thiazole rings is 1. The van der Waals surface area contributed by atoms with Crippen LogP contribution in [0.2, 0.25) is 0 Å². The zero-order chi connectivity index (χ0) is 20.1. The molecular weight excluding hydrogens is 384 g/mol. The number of nitro benzene ring substituents is 1. The Kier molecular flexibility index (Phi) is 5.40. The van der Waals surface area contributed by atoms with Crippen molar-refractivity contribution in [3.05, 3.63) is 101 Å². The highest BCUT2D eigenvalue weighted by molar-refractivity contribution is 7.19. The van der Waals surface area contributed by atoms with E-state index in [1.807, 2.05) is 60.7 Å². The predicted molar refractivity (Wildman–Crippen MR) is 117 cm³/mol. The summed E-state index contributed by atoms with van der Waals surface area (Å²) in [5.74, 6) is 0. The van der Waals surface area contributed by atoms with Crippen LogP contribution in [0.4, 0.5) is 10.8 Å². The van der Waals surface area contributed by atoms with Gasteiger partial charge in [-0.3, -0.25) is 15.5 Å². The van der Waals surface area contributed by atoms with Crippen LogP contribution in [-0.2, 0) is 0 Å². The minimum absolute atomic E-state index is 0.00661. The zero-order valence-electron chi connectivity index (χ0n) is 15.2. The number of hydrogen-bond donors (Lipinski definition) is 1. The van der Waals surface area contributed by atoms with Gasteiger partial charge in [-0.25, -0.2) is 4.98 Å². The maximum Gasteiger partial charge on any atom is 0.278 e. The van der Waals surface area contributed by atoms with Gasteiger partial charge in [-0.15, -0.1) is 0 Å². The van der Waals surface area contributed by atoms with E-state index in [2.05, 4.69) is 10.5 Å². The summed E-state index contributed by atoms with van der Waals surface area (Å²) < 4.78 is 0. The van der Waals surface area contributed by atoms with E-state index in [0.717, 1.165) is 21.7 Å². The minimum atomic E-state index is -0.425. The third-order valence-electron chi connectivity index (χ3n) is 4.21. The first-order valence-electron chi connectivity index (χ1n) is 8.86. The second-order valence-electron chi connectivity index (χ2n) is 6.11. The summed E-state index contributed by atoms with van der Waals surface area (Å²) in [6.07, 6.45) is 1.43. The van der Waals surface area contributed by atoms with E-state index in [-0.39, 0.29) is 5.69 Å². The van der Waals surface area contributed by atoms with Crippen LogP contribution in [0, 0.1) is 10.1 Å². The molecule has 0 atom stereocenters. The first-order chi connectivity index (χ1) is 14.2. The molecule has 0 amide bonds. The third kappa shape index (κ3) is 4.20. The Bertz CT molecular complexity index is 1100. The van der Waals surface area contributed by atoms with E-state index in [0.29, 0.717) is 10.7 Å². The van der Waals surface area contributed by atoms with Gasteiger partial charge in [0.15, 0.2) is 0 Å². The maximum absolute atomic E-state index is 11.1. The van der Waals surface area contributed by atoms with Crippen molar-refractivity contribution < 1.29 is 4.92 Å². The molecule has 4 rings (SSSR count). The number of nitrogens with zero attached hydrogens (tertiary/aromatic N) is 3. The molecule has 0 saturated carbocycles. The SMILES string of the molecule is O=[N+]([O-])c1ccccc1/C=N\Nc1nc(-c2ccccc2)c(-c2ccccc2)s1. The lowest BCUT2D eigenvalue weighted by atomic mass is 10.1. The van der Waals surface area contributed by atoms with Crippen LogP contribution in [0.15, 0.2) is 90.0 Å². The highest BCUT2D eigenvalue weighted by Gasteiger charge is 2.15. The number of anilines is 1. The van der Waals surface area contributed by atoms with E-state index in [1.54, 1.807) is 18.2 Å². The van der Waals surface area contributed by atoms with E-state index in [1.165, 1.54) is 23.6 Å². The molecule has 1 heterocycles. The Labute approximate surface area is 171 Å². The monoisotopic (exact) mass is 400 g/mol. The molecule has 0 bridgehead atoms. The number of rotatable bonds is 6. The van der Waals surface area contributed by atoms with Gasteiger partial charge in [0, 0.05) is 11.6 Å². The van der Waals surface area contributed by atoms with Crippen molar-refractivity contribution in [3.63, 3.8) is 0 Å². The molecule has 0 aliphatic carbocycles. The number of aromatic nitrogens is 1. The number of nitrogens with one attached hydrogen (secondary N) is 1. The van der Waals surface area contributed by atoms with Crippen molar-refractivity contribution in [1.29, 1.82) is 0 Å². The molecule has 0 aliphatic rings. The van der Waals surface area contributed by atoms with Gasteiger partial charge in [-0.05, 0) is 11.6 Å². The number of hydrazone groups is 1. The average molecular weight is 400 g/mol. The summed E-state index contributed by atoms with van der Waals surface area (Å²) in [5.41, 5.74) is 6.29. The van der Waals surface area contributed by atoms with Gasteiger partial charge in [0.05, 0.1) is 27.3 Å². The molecule has 6 nitrogen and oxygen atoms in total. The molecule has 1 aromatic heterocycles.